The van der Waals surface area contributed by atoms with E-state index in [1.807, 2.05) is 0 Å². The fourth-order valence-corrected chi connectivity index (χ4v) is 3.25. The summed E-state index contributed by atoms with van der Waals surface area (Å²) in [6.45, 7) is 3.24. The second-order valence-electron chi connectivity index (χ2n) is 6.49. The molecule has 1 aromatic heterocycles. The Labute approximate surface area is 153 Å². The van der Waals surface area contributed by atoms with E-state index in [2.05, 4.69) is 64.4 Å². The minimum absolute atomic E-state index is 0. The summed E-state index contributed by atoms with van der Waals surface area (Å²) in [4.78, 5) is 6.83. The normalized spacial score (nSPS) is 15.3. The van der Waals surface area contributed by atoms with Gasteiger partial charge in [-0.1, -0.05) is 41.6 Å². The van der Waals surface area contributed by atoms with Crippen molar-refractivity contribution in [2.75, 3.05) is 0 Å². The molecule has 2 aromatic carbocycles. The van der Waals surface area contributed by atoms with Gasteiger partial charge in [-0.25, -0.2) is 0 Å². The summed E-state index contributed by atoms with van der Waals surface area (Å²) in [5.74, 6) is 1.22. The first kappa shape index (κ1) is 17.9. The van der Waals surface area contributed by atoms with Gasteiger partial charge < -0.3 is 10.3 Å². The molecular formula is C19H23ClN4O. The highest BCUT2D eigenvalue weighted by molar-refractivity contribution is 5.85. The Morgan fingerprint density at radius 1 is 1.20 bits per heavy atom. The first-order valence-electron chi connectivity index (χ1n) is 8.50. The van der Waals surface area contributed by atoms with Crippen LogP contribution in [0, 0.1) is 0 Å². The first-order chi connectivity index (χ1) is 11.7. The molecule has 5 nitrogen and oxygen atoms in total. The number of hydrogen-bond donors (Lipinski definition) is 1. The Bertz CT molecular complexity index is 846. The fraction of sp³-hybridized carbons (Fsp3) is 0.368. The highest BCUT2D eigenvalue weighted by Crippen LogP contribution is 2.36. The average molecular weight is 359 g/mol. The predicted octanol–water partition coefficient (Wildman–Crippen LogP) is 3.83. The lowest BCUT2D eigenvalue weighted by atomic mass is 10.0. The van der Waals surface area contributed by atoms with E-state index in [1.165, 1.54) is 29.2 Å². The molecule has 1 saturated carbocycles. The maximum Gasteiger partial charge on any atom is 0.240 e. The minimum Gasteiger partial charge on any atom is -0.338 e. The van der Waals surface area contributed by atoms with Gasteiger partial charge in [-0.05, 0) is 42.2 Å². The molecule has 0 radical (unpaired) electrons. The molecule has 0 saturated heterocycles. The van der Waals surface area contributed by atoms with E-state index < -0.39 is 0 Å². The lowest BCUT2D eigenvalue weighted by Crippen LogP contribution is -2.29. The average Bonchev–Trinajstić information content (AvgIpc) is 3.37. The second kappa shape index (κ2) is 7.52. The predicted molar refractivity (Wildman–Crippen MR) is 100 cm³/mol. The summed E-state index contributed by atoms with van der Waals surface area (Å²) in [6.07, 6.45) is 2.47. The highest BCUT2D eigenvalue weighted by atomic mass is 35.5. The minimum atomic E-state index is 0. The van der Waals surface area contributed by atoms with Crippen molar-refractivity contribution in [1.82, 2.24) is 15.0 Å². The van der Waals surface area contributed by atoms with E-state index in [1.54, 1.807) is 0 Å². The summed E-state index contributed by atoms with van der Waals surface area (Å²) in [5.41, 5.74) is 6.88. The third-order valence-electron chi connectivity index (χ3n) is 4.78. The molecule has 3 aromatic rings. The van der Waals surface area contributed by atoms with Crippen molar-refractivity contribution in [3.8, 4) is 0 Å². The summed E-state index contributed by atoms with van der Waals surface area (Å²) < 4.78 is 5.15. The molecule has 1 heterocycles. The van der Waals surface area contributed by atoms with Crippen LogP contribution < -0.4 is 5.73 Å². The van der Waals surface area contributed by atoms with Gasteiger partial charge in [0.25, 0.3) is 0 Å². The Kier molecular flexibility index (Phi) is 5.37. The van der Waals surface area contributed by atoms with Crippen LogP contribution in [0.25, 0.3) is 10.8 Å². The summed E-state index contributed by atoms with van der Waals surface area (Å²) in [5, 5.41) is 6.61. The van der Waals surface area contributed by atoms with Gasteiger partial charge in [-0.3, -0.25) is 4.90 Å². The van der Waals surface area contributed by atoms with Crippen LogP contribution in [-0.2, 0) is 13.1 Å². The zero-order valence-corrected chi connectivity index (χ0v) is 15.1. The number of hydrogen-bond acceptors (Lipinski definition) is 5. The summed E-state index contributed by atoms with van der Waals surface area (Å²) in [6, 6.07) is 16.1. The molecule has 0 amide bonds. The van der Waals surface area contributed by atoms with E-state index in [-0.39, 0.29) is 19.0 Å². The third kappa shape index (κ3) is 3.84. The van der Waals surface area contributed by atoms with Crippen molar-refractivity contribution >= 4 is 23.2 Å². The van der Waals surface area contributed by atoms with E-state index in [4.69, 9.17) is 10.3 Å². The molecule has 6 heteroatoms. The smallest absolute Gasteiger partial charge is 0.240 e. The molecule has 2 N–H and O–H groups in total. The number of halogens is 1. The lowest BCUT2D eigenvalue weighted by Gasteiger charge is -2.28. The topological polar surface area (TPSA) is 68.2 Å². The van der Waals surface area contributed by atoms with Crippen molar-refractivity contribution in [1.29, 1.82) is 0 Å². The molecule has 4 rings (SSSR count). The second-order valence-corrected chi connectivity index (χ2v) is 6.49. The van der Waals surface area contributed by atoms with E-state index in [9.17, 15) is 0 Å². The maximum absolute atomic E-state index is 5.56. The molecule has 1 aliphatic rings. The number of aromatic nitrogens is 2. The first-order valence-corrected chi connectivity index (χ1v) is 8.50. The SMILES string of the molecule is CC(c1ccc2ccccc2c1)N(Cc1noc(CN)n1)C1CC1.Cl. The van der Waals surface area contributed by atoms with Crippen molar-refractivity contribution < 1.29 is 4.52 Å². The maximum atomic E-state index is 5.56. The molecule has 1 aliphatic carbocycles. The molecule has 132 valence electrons. The monoisotopic (exact) mass is 358 g/mol. The van der Waals surface area contributed by atoms with Gasteiger partial charge in [0.05, 0.1) is 13.1 Å². The molecule has 0 spiro atoms. The summed E-state index contributed by atoms with van der Waals surface area (Å²) >= 11 is 0. The van der Waals surface area contributed by atoms with Crippen LogP contribution in [-0.4, -0.2) is 21.1 Å². The van der Waals surface area contributed by atoms with Gasteiger partial charge in [-0.15, -0.1) is 12.4 Å². The van der Waals surface area contributed by atoms with Crippen LogP contribution in [0.5, 0.6) is 0 Å². The van der Waals surface area contributed by atoms with Crippen LogP contribution in [0.1, 0.15) is 43.1 Å². The largest absolute Gasteiger partial charge is 0.338 e. The van der Waals surface area contributed by atoms with Crippen LogP contribution >= 0.6 is 12.4 Å². The van der Waals surface area contributed by atoms with Crippen LogP contribution in [0.4, 0.5) is 0 Å². The molecule has 1 atom stereocenters. The van der Waals surface area contributed by atoms with E-state index in [0.717, 1.165) is 5.82 Å². The fourth-order valence-electron chi connectivity index (χ4n) is 3.25. The number of benzene rings is 2. The molecule has 0 aliphatic heterocycles. The van der Waals surface area contributed by atoms with Gasteiger partial charge >= 0.3 is 0 Å². The van der Waals surface area contributed by atoms with Crippen LogP contribution in [0.15, 0.2) is 47.0 Å². The molecule has 0 bridgehead atoms. The van der Waals surface area contributed by atoms with Gasteiger partial charge in [0.1, 0.15) is 0 Å². The van der Waals surface area contributed by atoms with Gasteiger partial charge in [0, 0.05) is 12.1 Å². The molecule has 1 unspecified atom stereocenters. The van der Waals surface area contributed by atoms with Gasteiger partial charge in [-0.2, -0.15) is 4.98 Å². The Hall–Kier alpha value is -1.95. The Morgan fingerprint density at radius 3 is 2.64 bits per heavy atom. The zero-order chi connectivity index (χ0) is 16.5. The van der Waals surface area contributed by atoms with Crippen LogP contribution in [0.3, 0.4) is 0 Å². The quantitative estimate of drug-likeness (QED) is 0.725. The molecule has 25 heavy (non-hydrogen) atoms. The zero-order valence-electron chi connectivity index (χ0n) is 14.3. The Morgan fingerprint density at radius 2 is 1.96 bits per heavy atom. The lowest BCUT2D eigenvalue weighted by molar-refractivity contribution is 0.183. The van der Waals surface area contributed by atoms with Gasteiger partial charge in [0.15, 0.2) is 5.82 Å². The number of nitrogens with zero attached hydrogens (tertiary/aromatic N) is 3. The summed E-state index contributed by atoms with van der Waals surface area (Å²) in [7, 11) is 0. The number of fused-ring (bicyclic) bond motifs is 1. The van der Waals surface area contributed by atoms with E-state index in [0.29, 0.717) is 24.5 Å². The Balaban J connectivity index is 0.00000182. The highest BCUT2D eigenvalue weighted by Gasteiger charge is 2.33. The number of rotatable bonds is 6. The number of nitrogens with two attached hydrogens (primary N) is 1. The van der Waals surface area contributed by atoms with Crippen molar-refractivity contribution in [2.45, 2.75) is 44.9 Å². The van der Waals surface area contributed by atoms with E-state index >= 15 is 0 Å². The third-order valence-corrected chi connectivity index (χ3v) is 4.78. The standard InChI is InChI=1S/C19H22N4O.ClH/c1-13(15-7-6-14-4-2-3-5-16(14)10-15)23(17-8-9-17)12-18-21-19(11-20)24-22-18;/h2-7,10,13,17H,8-9,11-12,20H2,1H3;1H. The van der Waals surface area contributed by atoms with Gasteiger partial charge in [0.2, 0.25) is 5.89 Å². The van der Waals surface area contributed by atoms with Crippen LogP contribution in [0.2, 0.25) is 0 Å². The molecule has 1 fully saturated rings. The van der Waals surface area contributed by atoms with Crippen molar-refractivity contribution in [3.63, 3.8) is 0 Å². The molecular weight excluding hydrogens is 336 g/mol. The van der Waals surface area contributed by atoms with Crippen molar-refractivity contribution in [3.05, 3.63) is 59.7 Å². The van der Waals surface area contributed by atoms with Crippen molar-refractivity contribution in [2.24, 2.45) is 5.73 Å².